The second-order valence-electron chi connectivity index (χ2n) is 4.42. The molecule has 4 nitrogen and oxygen atoms in total. The molecule has 2 heterocycles. The monoisotopic (exact) mass is 362 g/mol. The maximum absolute atomic E-state index is 12.1. The second kappa shape index (κ2) is 5.83. The number of amides is 1. The normalized spacial score (nSPS) is 10.6. The molecule has 6 heteroatoms. The molecule has 0 aliphatic heterocycles. The molecule has 1 amide bonds. The molecule has 0 saturated heterocycles. The van der Waals surface area contributed by atoms with Crippen molar-refractivity contribution < 1.29 is 9.21 Å². The summed E-state index contributed by atoms with van der Waals surface area (Å²) in [5, 5.41) is 5.22. The van der Waals surface area contributed by atoms with Crippen LogP contribution in [-0.2, 0) is 0 Å². The van der Waals surface area contributed by atoms with Gasteiger partial charge >= 0.3 is 0 Å². The topological polar surface area (TPSA) is 55.1 Å². The van der Waals surface area contributed by atoms with Crippen molar-refractivity contribution >= 4 is 38.3 Å². The Bertz CT molecular complexity index is 780. The number of furan rings is 1. The van der Waals surface area contributed by atoms with Gasteiger partial charge in [0.25, 0.3) is 5.91 Å². The molecule has 0 bridgehead atoms. The van der Waals surface area contributed by atoms with Gasteiger partial charge in [-0.1, -0.05) is 30.3 Å². The van der Waals surface area contributed by atoms with E-state index in [1.165, 1.54) is 11.3 Å². The quantitative estimate of drug-likeness (QED) is 0.732. The highest BCUT2D eigenvalue weighted by Gasteiger charge is 2.16. The van der Waals surface area contributed by atoms with Crippen LogP contribution in [0.3, 0.4) is 0 Å². The number of hydrogen-bond acceptors (Lipinski definition) is 4. The molecule has 0 fully saturated rings. The van der Waals surface area contributed by atoms with Crippen LogP contribution in [0.25, 0.3) is 11.3 Å². The summed E-state index contributed by atoms with van der Waals surface area (Å²) < 4.78 is 5.86. The SMILES string of the molecule is Cc1cc(Br)oc1C(=O)Nc1nc(-c2ccccc2)cs1. The third-order valence-electron chi connectivity index (χ3n) is 2.89. The van der Waals surface area contributed by atoms with Crippen molar-refractivity contribution in [2.75, 3.05) is 5.32 Å². The van der Waals surface area contributed by atoms with Gasteiger partial charge in [0.1, 0.15) is 0 Å². The maximum Gasteiger partial charge on any atom is 0.293 e. The fourth-order valence-electron chi connectivity index (χ4n) is 1.90. The highest BCUT2D eigenvalue weighted by Crippen LogP contribution is 2.26. The zero-order valence-corrected chi connectivity index (χ0v) is 13.5. The van der Waals surface area contributed by atoms with Crippen molar-refractivity contribution in [3.05, 3.63) is 57.8 Å². The summed E-state index contributed by atoms with van der Waals surface area (Å²) >= 11 is 4.60. The van der Waals surface area contributed by atoms with Crippen LogP contribution < -0.4 is 5.32 Å². The number of aromatic nitrogens is 1. The minimum absolute atomic E-state index is 0.290. The van der Waals surface area contributed by atoms with Crippen molar-refractivity contribution in [2.45, 2.75) is 6.92 Å². The summed E-state index contributed by atoms with van der Waals surface area (Å²) in [6, 6.07) is 11.6. The Balaban J connectivity index is 1.79. The second-order valence-corrected chi connectivity index (χ2v) is 6.06. The zero-order valence-electron chi connectivity index (χ0n) is 11.1. The van der Waals surface area contributed by atoms with Crippen LogP contribution >= 0.6 is 27.3 Å². The fourth-order valence-corrected chi connectivity index (χ4v) is 3.12. The summed E-state index contributed by atoms with van der Waals surface area (Å²) in [6.07, 6.45) is 0. The van der Waals surface area contributed by atoms with Crippen LogP contribution in [0.15, 0.2) is 50.9 Å². The molecule has 1 N–H and O–H groups in total. The Kier molecular flexibility index (Phi) is 3.90. The Hall–Kier alpha value is -1.92. The largest absolute Gasteiger partial charge is 0.444 e. The van der Waals surface area contributed by atoms with Crippen LogP contribution in [0.1, 0.15) is 16.1 Å². The molecule has 3 rings (SSSR count). The lowest BCUT2D eigenvalue weighted by atomic mass is 10.2. The van der Waals surface area contributed by atoms with Crippen molar-refractivity contribution in [2.24, 2.45) is 0 Å². The Labute approximate surface area is 134 Å². The van der Waals surface area contributed by atoms with Gasteiger partial charge in [-0.3, -0.25) is 10.1 Å². The van der Waals surface area contributed by atoms with Gasteiger partial charge in [-0.2, -0.15) is 0 Å². The number of rotatable bonds is 3. The molecule has 0 atom stereocenters. The molecule has 0 saturated carbocycles. The number of thiazole rings is 1. The number of nitrogens with zero attached hydrogens (tertiary/aromatic N) is 1. The Morgan fingerprint density at radius 1 is 1.33 bits per heavy atom. The van der Waals surface area contributed by atoms with E-state index in [1.807, 2.05) is 42.6 Å². The molecule has 0 aliphatic carbocycles. The average Bonchev–Trinajstić information content (AvgIpc) is 3.06. The lowest BCUT2D eigenvalue weighted by Gasteiger charge is -1.99. The van der Waals surface area contributed by atoms with Gasteiger partial charge in [-0.05, 0) is 28.9 Å². The van der Waals surface area contributed by atoms with Gasteiger partial charge < -0.3 is 4.42 Å². The van der Waals surface area contributed by atoms with Crippen LogP contribution in [-0.4, -0.2) is 10.9 Å². The van der Waals surface area contributed by atoms with Crippen LogP contribution in [0, 0.1) is 6.92 Å². The number of nitrogens with one attached hydrogen (secondary N) is 1. The number of carbonyl (C=O) groups excluding carboxylic acids is 1. The van der Waals surface area contributed by atoms with E-state index in [-0.39, 0.29) is 5.91 Å². The molecule has 0 aliphatic rings. The molecule has 1 aromatic carbocycles. The maximum atomic E-state index is 12.1. The van der Waals surface area contributed by atoms with E-state index in [4.69, 9.17) is 4.42 Å². The van der Waals surface area contributed by atoms with Gasteiger partial charge in [-0.15, -0.1) is 11.3 Å². The average molecular weight is 363 g/mol. The molecule has 2 aromatic heterocycles. The third kappa shape index (κ3) is 3.06. The van der Waals surface area contributed by atoms with E-state index >= 15 is 0 Å². The lowest BCUT2D eigenvalue weighted by Crippen LogP contribution is -2.11. The minimum Gasteiger partial charge on any atom is -0.444 e. The third-order valence-corrected chi connectivity index (χ3v) is 4.04. The van der Waals surface area contributed by atoms with Crippen molar-refractivity contribution in [1.29, 1.82) is 0 Å². The smallest absolute Gasteiger partial charge is 0.293 e. The standard InChI is InChI=1S/C15H11BrN2O2S/c1-9-7-12(16)20-13(9)14(19)18-15-17-11(8-21-15)10-5-3-2-4-6-10/h2-8H,1H3,(H,17,18,19). The first kappa shape index (κ1) is 14.0. The van der Waals surface area contributed by atoms with Crippen molar-refractivity contribution in [3.8, 4) is 11.3 Å². The van der Waals surface area contributed by atoms with Crippen LogP contribution in [0.4, 0.5) is 5.13 Å². The van der Waals surface area contributed by atoms with Crippen LogP contribution in [0.2, 0.25) is 0 Å². The minimum atomic E-state index is -0.299. The molecular formula is C15H11BrN2O2S. The molecule has 0 unspecified atom stereocenters. The molecule has 21 heavy (non-hydrogen) atoms. The highest BCUT2D eigenvalue weighted by molar-refractivity contribution is 9.10. The van der Waals surface area contributed by atoms with E-state index in [2.05, 4.69) is 26.2 Å². The van der Waals surface area contributed by atoms with E-state index in [0.717, 1.165) is 16.8 Å². The van der Waals surface area contributed by atoms with Gasteiger partial charge in [0.15, 0.2) is 15.6 Å². The first-order chi connectivity index (χ1) is 10.1. The van der Waals surface area contributed by atoms with Gasteiger partial charge in [0.05, 0.1) is 5.69 Å². The van der Waals surface area contributed by atoms with Crippen molar-refractivity contribution in [1.82, 2.24) is 4.98 Å². The summed E-state index contributed by atoms with van der Waals surface area (Å²) in [7, 11) is 0. The summed E-state index contributed by atoms with van der Waals surface area (Å²) in [4.78, 5) is 16.6. The molecule has 3 aromatic rings. The molecule has 0 radical (unpaired) electrons. The fraction of sp³-hybridized carbons (Fsp3) is 0.0667. The first-order valence-electron chi connectivity index (χ1n) is 6.22. The lowest BCUT2D eigenvalue weighted by molar-refractivity contribution is 0.0994. The predicted molar refractivity (Wildman–Crippen MR) is 86.6 cm³/mol. The molecular weight excluding hydrogens is 352 g/mol. The number of anilines is 1. The summed E-state index contributed by atoms with van der Waals surface area (Å²) in [5.41, 5.74) is 2.64. The zero-order chi connectivity index (χ0) is 14.8. The number of benzene rings is 1. The summed E-state index contributed by atoms with van der Waals surface area (Å²) in [5.74, 6) is -0.00880. The first-order valence-corrected chi connectivity index (χ1v) is 7.89. The van der Waals surface area contributed by atoms with E-state index in [9.17, 15) is 4.79 Å². The Morgan fingerprint density at radius 2 is 2.10 bits per heavy atom. The number of aryl methyl sites for hydroxylation is 1. The Morgan fingerprint density at radius 3 is 2.76 bits per heavy atom. The number of carbonyl (C=O) groups is 1. The van der Waals surface area contributed by atoms with Gasteiger partial charge in [0.2, 0.25) is 0 Å². The van der Waals surface area contributed by atoms with Crippen LogP contribution in [0.5, 0.6) is 0 Å². The number of hydrogen-bond donors (Lipinski definition) is 1. The molecule has 106 valence electrons. The molecule has 0 spiro atoms. The van der Waals surface area contributed by atoms with E-state index < -0.39 is 0 Å². The highest BCUT2D eigenvalue weighted by atomic mass is 79.9. The predicted octanol–water partition coefficient (Wildman–Crippen LogP) is 4.73. The number of halogens is 1. The van der Waals surface area contributed by atoms with E-state index in [0.29, 0.717) is 15.6 Å². The van der Waals surface area contributed by atoms with E-state index in [1.54, 1.807) is 6.07 Å². The summed E-state index contributed by atoms with van der Waals surface area (Å²) in [6.45, 7) is 1.82. The van der Waals surface area contributed by atoms with Gasteiger partial charge in [0, 0.05) is 16.5 Å². The van der Waals surface area contributed by atoms with Crippen molar-refractivity contribution in [3.63, 3.8) is 0 Å². The van der Waals surface area contributed by atoms with Gasteiger partial charge in [-0.25, -0.2) is 4.98 Å².